The third kappa shape index (κ3) is 5.27. The van der Waals surface area contributed by atoms with Gasteiger partial charge in [-0.3, -0.25) is 4.98 Å². The fraction of sp³-hybridized carbons (Fsp3) is 0.667. The van der Waals surface area contributed by atoms with E-state index in [1.807, 2.05) is 26.8 Å². The highest BCUT2D eigenvalue weighted by atomic mass is 19.1. The predicted octanol–water partition coefficient (Wildman–Crippen LogP) is 4.72. The van der Waals surface area contributed by atoms with E-state index in [0.717, 1.165) is 32.3 Å². The van der Waals surface area contributed by atoms with Gasteiger partial charge in [-0.15, -0.1) is 0 Å². The molecule has 6 rings (SSSR count). The lowest BCUT2D eigenvalue weighted by Crippen LogP contribution is -2.63. The van der Waals surface area contributed by atoms with Gasteiger partial charge in [0.2, 0.25) is 5.88 Å². The van der Waals surface area contributed by atoms with Crippen molar-refractivity contribution in [3.05, 3.63) is 29.7 Å². The lowest BCUT2D eigenvalue weighted by molar-refractivity contribution is -0.163. The number of carbonyl (C=O) groups is 1. The molecule has 0 spiro atoms. The second-order valence-corrected chi connectivity index (χ2v) is 11.6. The van der Waals surface area contributed by atoms with E-state index in [9.17, 15) is 9.18 Å². The number of halogens is 1. The third-order valence-corrected chi connectivity index (χ3v) is 7.71. The average Bonchev–Trinajstić information content (AvgIpc) is 2.82. The Hall–Kier alpha value is -2.52. The number of nitrogens with one attached hydrogen (secondary N) is 1. The first-order valence-electron chi connectivity index (χ1n) is 12.9. The van der Waals surface area contributed by atoms with E-state index < -0.39 is 17.2 Å². The number of aryl methyl sites for hydroxylation is 1. The number of pyridine rings is 2. The number of rotatable bonds is 7. The largest absolute Gasteiger partial charge is 0.475 e. The number of carbonyl (C=O) groups excluding carboxylic acids is 1. The molecular formula is C27H36FN3O5. The first-order chi connectivity index (χ1) is 17.1. The maximum absolute atomic E-state index is 14.9. The van der Waals surface area contributed by atoms with E-state index in [2.05, 4.69) is 22.2 Å². The molecule has 196 valence electrons. The number of amides is 1. The van der Waals surface area contributed by atoms with Crippen LogP contribution in [-0.4, -0.2) is 58.7 Å². The number of fused-ring (bicyclic) bond motifs is 4. The lowest BCUT2D eigenvalue weighted by Gasteiger charge is -2.53. The van der Waals surface area contributed by atoms with Gasteiger partial charge in [-0.1, -0.05) is 6.92 Å². The average molecular weight is 502 g/mol. The summed E-state index contributed by atoms with van der Waals surface area (Å²) in [4.78, 5) is 21.2. The van der Waals surface area contributed by atoms with Crippen LogP contribution in [0.4, 0.5) is 9.18 Å². The molecule has 3 saturated heterocycles. The van der Waals surface area contributed by atoms with Crippen LogP contribution in [0.1, 0.15) is 65.4 Å². The van der Waals surface area contributed by atoms with Crippen molar-refractivity contribution < 1.29 is 28.1 Å². The molecule has 0 aromatic carbocycles. The summed E-state index contributed by atoms with van der Waals surface area (Å²) >= 11 is 0. The van der Waals surface area contributed by atoms with Crippen molar-refractivity contribution in [3.63, 3.8) is 0 Å². The molecule has 36 heavy (non-hydrogen) atoms. The van der Waals surface area contributed by atoms with E-state index >= 15 is 0 Å². The summed E-state index contributed by atoms with van der Waals surface area (Å²) in [6.07, 6.45) is 5.30. The van der Waals surface area contributed by atoms with Crippen LogP contribution in [0, 0.1) is 11.7 Å². The number of hydrogen-bond donors (Lipinski definition) is 1. The van der Waals surface area contributed by atoms with Crippen LogP contribution in [0.5, 0.6) is 5.88 Å². The zero-order valence-electron chi connectivity index (χ0n) is 21.6. The van der Waals surface area contributed by atoms with Gasteiger partial charge in [-0.2, -0.15) is 0 Å². The zero-order chi connectivity index (χ0) is 25.6. The van der Waals surface area contributed by atoms with E-state index in [1.54, 1.807) is 6.07 Å². The van der Waals surface area contributed by atoms with E-state index in [0.29, 0.717) is 54.5 Å². The summed E-state index contributed by atoms with van der Waals surface area (Å²) < 4.78 is 38.1. The maximum atomic E-state index is 14.9. The molecule has 1 aliphatic carbocycles. The molecule has 0 radical (unpaired) electrons. The number of ether oxygens (including phenoxy) is 4. The minimum Gasteiger partial charge on any atom is -0.475 e. The summed E-state index contributed by atoms with van der Waals surface area (Å²) in [7, 11) is 0. The Labute approximate surface area is 211 Å². The van der Waals surface area contributed by atoms with Crippen molar-refractivity contribution in [3.8, 4) is 5.88 Å². The maximum Gasteiger partial charge on any atom is 0.408 e. The molecule has 9 heteroatoms. The minimum absolute atomic E-state index is 0.0679. The normalized spacial score (nSPS) is 29.6. The van der Waals surface area contributed by atoms with Crippen molar-refractivity contribution in [2.75, 3.05) is 19.8 Å². The zero-order valence-corrected chi connectivity index (χ0v) is 21.6. The molecule has 0 unspecified atom stereocenters. The van der Waals surface area contributed by atoms with Crippen molar-refractivity contribution in [2.24, 2.45) is 5.92 Å². The molecule has 3 aliphatic heterocycles. The predicted molar refractivity (Wildman–Crippen MR) is 131 cm³/mol. The molecule has 2 aromatic heterocycles. The highest BCUT2D eigenvalue weighted by molar-refractivity contribution is 5.78. The first-order valence-corrected chi connectivity index (χ1v) is 12.9. The number of nitrogens with zero attached hydrogens (tertiary/aromatic N) is 2. The van der Waals surface area contributed by atoms with Crippen LogP contribution >= 0.6 is 0 Å². The van der Waals surface area contributed by atoms with Gasteiger partial charge in [0.05, 0.1) is 47.7 Å². The van der Waals surface area contributed by atoms with Crippen LogP contribution in [-0.2, 0) is 20.6 Å². The van der Waals surface area contributed by atoms with Crippen LogP contribution in [0.2, 0.25) is 0 Å². The standard InChI is InChI=1S/C27H36FN3O5/c1-17-14-33-21(17)15-34-22-6-5-20-23(30-22)18(19(28)13-29-20)7-8-27-11-9-26(10-12-27,16-35-27)31-24(32)36-25(2,3)4/h5-6,13,17,21H,7-12,14-16H2,1-4H3,(H,31,32)/t17-,21-,26?,27?/m1/s1. The summed E-state index contributed by atoms with van der Waals surface area (Å²) in [6, 6.07) is 3.58. The van der Waals surface area contributed by atoms with Crippen LogP contribution in [0.25, 0.3) is 11.0 Å². The summed E-state index contributed by atoms with van der Waals surface area (Å²) in [5.41, 5.74) is 0.427. The summed E-state index contributed by atoms with van der Waals surface area (Å²) in [5, 5.41) is 3.05. The molecular weight excluding hydrogens is 465 g/mol. The molecule has 2 bridgehead atoms. The number of aromatic nitrogens is 2. The Kier molecular flexibility index (Phi) is 6.57. The van der Waals surface area contributed by atoms with Crippen molar-refractivity contribution in [1.82, 2.24) is 15.3 Å². The second kappa shape index (κ2) is 9.41. The molecule has 2 aromatic rings. The Morgan fingerprint density at radius 1 is 1.25 bits per heavy atom. The van der Waals surface area contributed by atoms with Gasteiger partial charge in [-0.25, -0.2) is 14.2 Å². The van der Waals surface area contributed by atoms with Crippen LogP contribution in [0.3, 0.4) is 0 Å². The molecule has 1 saturated carbocycles. The van der Waals surface area contributed by atoms with Crippen LogP contribution in [0.15, 0.2) is 18.3 Å². The van der Waals surface area contributed by atoms with Gasteiger partial charge in [-0.05, 0) is 65.4 Å². The van der Waals surface area contributed by atoms with E-state index in [-0.39, 0.29) is 17.5 Å². The van der Waals surface area contributed by atoms with Gasteiger partial charge < -0.3 is 24.3 Å². The number of hydrogen-bond acceptors (Lipinski definition) is 7. The Morgan fingerprint density at radius 2 is 2.03 bits per heavy atom. The van der Waals surface area contributed by atoms with Gasteiger partial charge >= 0.3 is 6.09 Å². The van der Waals surface area contributed by atoms with Gasteiger partial charge in [0.15, 0.2) is 0 Å². The summed E-state index contributed by atoms with van der Waals surface area (Å²) in [6.45, 7) is 9.28. The monoisotopic (exact) mass is 501 g/mol. The quantitative estimate of drug-likeness (QED) is 0.587. The van der Waals surface area contributed by atoms with Crippen molar-refractivity contribution in [2.45, 2.75) is 89.1 Å². The van der Waals surface area contributed by atoms with Gasteiger partial charge in [0, 0.05) is 17.5 Å². The lowest BCUT2D eigenvalue weighted by atomic mass is 9.69. The van der Waals surface area contributed by atoms with Gasteiger partial charge in [0.1, 0.15) is 18.0 Å². The second-order valence-electron chi connectivity index (χ2n) is 11.6. The van der Waals surface area contributed by atoms with E-state index in [1.165, 1.54) is 6.20 Å². The molecule has 4 fully saturated rings. The Bertz CT molecular complexity index is 1110. The fourth-order valence-electron chi connectivity index (χ4n) is 5.32. The molecule has 8 nitrogen and oxygen atoms in total. The highest BCUT2D eigenvalue weighted by Crippen LogP contribution is 2.46. The number of alkyl carbamates (subject to hydrolysis) is 1. The minimum atomic E-state index is -0.547. The van der Waals surface area contributed by atoms with Crippen molar-refractivity contribution >= 4 is 17.1 Å². The molecule has 2 atom stereocenters. The molecule has 5 heterocycles. The first kappa shape index (κ1) is 25.1. The smallest absolute Gasteiger partial charge is 0.408 e. The van der Waals surface area contributed by atoms with Crippen LogP contribution < -0.4 is 10.1 Å². The topological polar surface area (TPSA) is 91.8 Å². The molecule has 1 amide bonds. The third-order valence-electron chi connectivity index (χ3n) is 7.71. The fourth-order valence-corrected chi connectivity index (χ4v) is 5.32. The SMILES string of the molecule is C[C@@H]1CO[C@@H]1COc1ccc2ncc(F)c(CCC34CCC(NC(=O)OC(C)(C)C)(CC3)CO4)c2n1. The summed E-state index contributed by atoms with van der Waals surface area (Å²) in [5.74, 6) is 0.539. The molecule has 1 N–H and O–H groups in total. The Balaban J connectivity index is 1.24. The van der Waals surface area contributed by atoms with Crippen molar-refractivity contribution in [1.29, 1.82) is 0 Å². The highest BCUT2D eigenvalue weighted by Gasteiger charge is 2.50. The van der Waals surface area contributed by atoms with Gasteiger partial charge in [0.25, 0.3) is 0 Å². The van der Waals surface area contributed by atoms with E-state index in [4.69, 9.17) is 18.9 Å². The molecule has 4 aliphatic rings. The Morgan fingerprint density at radius 3 is 2.64 bits per heavy atom.